The number of primary amides is 1. The molecule has 0 saturated heterocycles. The molecule has 4 unspecified atom stereocenters. The molecule has 228 valence electrons. The van der Waals surface area contributed by atoms with Gasteiger partial charge in [-0.1, -0.05) is 0 Å². The minimum Gasteiger partial charge on any atom is -0.505 e. The van der Waals surface area contributed by atoms with Crippen molar-refractivity contribution in [1.29, 1.82) is 0 Å². The molecular formula is C29H39N5O8. The molecule has 4 rings (SSSR count). The summed E-state index contributed by atoms with van der Waals surface area (Å²) >= 11 is 0. The highest BCUT2D eigenvalue weighted by atomic mass is 16.3. The standard InChI is InChI=1S/C29H39N5O8/c1-28(2,3)31-11-17(35)32-15-10-16(33(4)5)13-8-12-9-14-21(34(6)7)24(38)20(27(30)41)26(40)29(14,42)25(39)18(12)23(37)19(13)22(15)36/h10,12,14,18,20-21,31,36,42H,8-9,11H2,1-7H3,(H2,30,41)(H,32,35)/t12-,14?,18?,20?,21-,29?/m0/s1. The van der Waals surface area contributed by atoms with Crippen LogP contribution in [-0.2, 0) is 30.4 Å². The van der Waals surface area contributed by atoms with Gasteiger partial charge in [0, 0.05) is 31.2 Å². The van der Waals surface area contributed by atoms with Gasteiger partial charge in [-0.2, -0.15) is 0 Å². The topological polar surface area (TPSA) is 199 Å². The Balaban J connectivity index is 1.81. The van der Waals surface area contributed by atoms with Gasteiger partial charge in [0.05, 0.1) is 29.8 Å². The van der Waals surface area contributed by atoms with Crippen molar-refractivity contribution in [3.63, 3.8) is 0 Å². The zero-order valence-electron chi connectivity index (χ0n) is 24.9. The molecule has 1 aromatic rings. The fourth-order valence-electron chi connectivity index (χ4n) is 6.69. The van der Waals surface area contributed by atoms with Gasteiger partial charge in [-0.05, 0) is 65.3 Å². The van der Waals surface area contributed by atoms with Crippen LogP contribution in [0.5, 0.6) is 5.75 Å². The Labute approximate surface area is 243 Å². The average Bonchev–Trinajstić information content (AvgIpc) is 2.85. The van der Waals surface area contributed by atoms with Crippen LogP contribution in [0, 0.1) is 23.7 Å². The number of phenolic OH excluding ortho intramolecular Hbond substituents is 1. The van der Waals surface area contributed by atoms with Gasteiger partial charge in [0.25, 0.3) is 0 Å². The number of aromatic hydroxyl groups is 1. The van der Waals surface area contributed by atoms with Crippen molar-refractivity contribution in [2.24, 2.45) is 29.4 Å². The van der Waals surface area contributed by atoms with Crippen molar-refractivity contribution in [2.45, 2.75) is 50.8 Å². The maximum atomic E-state index is 14.1. The third-order valence-corrected chi connectivity index (χ3v) is 8.57. The maximum Gasteiger partial charge on any atom is 0.238 e. The van der Waals surface area contributed by atoms with E-state index < -0.39 is 76.0 Å². The van der Waals surface area contributed by atoms with E-state index in [4.69, 9.17) is 5.73 Å². The first-order chi connectivity index (χ1) is 19.3. The zero-order valence-corrected chi connectivity index (χ0v) is 24.9. The number of anilines is 2. The van der Waals surface area contributed by atoms with E-state index in [1.54, 1.807) is 25.1 Å². The molecule has 2 saturated carbocycles. The number of Topliss-reactive ketones (excluding diaryl/α,β-unsaturated/α-hetero) is 4. The van der Waals surface area contributed by atoms with Gasteiger partial charge in [0.2, 0.25) is 11.8 Å². The molecule has 2 fully saturated rings. The molecule has 3 aliphatic rings. The number of carbonyl (C=O) groups excluding carboxylic acids is 6. The summed E-state index contributed by atoms with van der Waals surface area (Å²) in [6.45, 7) is 5.58. The van der Waals surface area contributed by atoms with Crippen LogP contribution in [0.4, 0.5) is 11.4 Å². The second-order valence-corrected chi connectivity index (χ2v) is 13.0. The predicted octanol–water partition coefficient (Wildman–Crippen LogP) is -0.740. The lowest BCUT2D eigenvalue weighted by molar-refractivity contribution is -0.181. The normalized spacial score (nSPS) is 29.1. The third kappa shape index (κ3) is 4.88. The Morgan fingerprint density at radius 3 is 2.24 bits per heavy atom. The van der Waals surface area contributed by atoms with Crippen LogP contribution in [0.1, 0.15) is 43.1 Å². The number of nitrogens with one attached hydrogen (secondary N) is 2. The summed E-state index contributed by atoms with van der Waals surface area (Å²) < 4.78 is 0. The monoisotopic (exact) mass is 585 g/mol. The van der Waals surface area contributed by atoms with Crippen LogP contribution in [0.2, 0.25) is 0 Å². The molecule has 2 amide bonds. The van der Waals surface area contributed by atoms with Crippen molar-refractivity contribution in [2.75, 3.05) is 45.0 Å². The van der Waals surface area contributed by atoms with Gasteiger partial charge in [-0.15, -0.1) is 0 Å². The van der Waals surface area contributed by atoms with E-state index in [1.807, 2.05) is 20.8 Å². The van der Waals surface area contributed by atoms with E-state index in [-0.39, 0.29) is 36.2 Å². The second-order valence-electron chi connectivity index (χ2n) is 13.0. The van der Waals surface area contributed by atoms with Gasteiger partial charge in [0.1, 0.15) is 5.75 Å². The number of hydrogen-bond acceptors (Lipinski definition) is 11. The van der Waals surface area contributed by atoms with Crippen molar-refractivity contribution < 1.29 is 39.0 Å². The number of nitrogens with zero attached hydrogens (tertiary/aromatic N) is 2. The minimum atomic E-state index is -2.80. The third-order valence-electron chi connectivity index (χ3n) is 8.57. The van der Waals surface area contributed by atoms with Crippen LogP contribution in [0.15, 0.2) is 6.07 Å². The number of nitrogens with two attached hydrogens (primary N) is 1. The first kappa shape index (κ1) is 31.3. The SMILES string of the molecule is CN(C)c1cc(NC(=O)CNC(C)(C)C)c(O)c2c1C[C@H]1CC3[C@H](N(C)C)C(=O)C(C(N)=O)C(=O)C3(O)C(=O)C1C2=O. The summed E-state index contributed by atoms with van der Waals surface area (Å²) in [5.41, 5.74) is 2.95. The predicted molar refractivity (Wildman–Crippen MR) is 152 cm³/mol. The lowest BCUT2D eigenvalue weighted by Crippen LogP contribution is -2.74. The first-order valence-electron chi connectivity index (χ1n) is 13.8. The smallest absolute Gasteiger partial charge is 0.238 e. The van der Waals surface area contributed by atoms with Gasteiger partial charge < -0.3 is 31.5 Å². The quantitative estimate of drug-likeness (QED) is 0.208. The van der Waals surface area contributed by atoms with Crippen molar-refractivity contribution in [3.05, 3.63) is 17.2 Å². The minimum absolute atomic E-state index is 0.0365. The number of aliphatic hydroxyl groups is 1. The highest BCUT2D eigenvalue weighted by molar-refractivity contribution is 6.32. The van der Waals surface area contributed by atoms with Gasteiger partial charge in [-0.3, -0.25) is 33.7 Å². The summed E-state index contributed by atoms with van der Waals surface area (Å²) in [4.78, 5) is 82.7. The van der Waals surface area contributed by atoms with Crippen LogP contribution < -0.4 is 21.3 Å². The van der Waals surface area contributed by atoms with Crippen molar-refractivity contribution in [3.8, 4) is 5.75 Å². The maximum absolute atomic E-state index is 14.1. The lowest BCUT2D eigenvalue weighted by atomic mass is 9.52. The van der Waals surface area contributed by atoms with Crippen LogP contribution in [0.25, 0.3) is 0 Å². The number of carbonyl (C=O) groups is 6. The molecule has 1 aromatic carbocycles. The first-order valence-corrected chi connectivity index (χ1v) is 13.8. The van der Waals surface area contributed by atoms with E-state index >= 15 is 0 Å². The van der Waals surface area contributed by atoms with E-state index in [0.717, 1.165) is 0 Å². The van der Waals surface area contributed by atoms with Crippen LogP contribution in [-0.4, -0.2) is 102 Å². The van der Waals surface area contributed by atoms with Crippen LogP contribution >= 0.6 is 0 Å². The number of phenols is 1. The lowest BCUT2D eigenvalue weighted by Gasteiger charge is -2.52. The zero-order chi connectivity index (χ0) is 31.6. The molecular weight excluding hydrogens is 546 g/mol. The number of amides is 2. The molecule has 0 radical (unpaired) electrons. The number of hydrogen-bond donors (Lipinski definition) is 5. The fraction of sp³-hybridized carbons (Fsp3) is 0.586. The Hall–Kier alpha value is -3.68. The molecule has 6 atom stereocenters. The Kier molecular flexibility index (Phi) is 7.85. The molecule has 13 nitrogen and oxygen atoms in total. The Bertz CT molecular complexity index is 1400. The van der Waals surface area contributed by atoms with E-state index in [9.17, 15) is 39.0 Å². The summed E-state index contributed by atoms with van der Waals surface area (Å²) in [7, 11) is 6.52. The van der Waals surface area contributed by atoms with E-state index in [2.05, 4.69) is 10.6 Å². The molecule has 0 heterocycles. The number of benzene rings is 1. The second kappa shape index (κ2) is 10.5. The number of fused-ring (bicyclic) bond motifs is 3. The molecule has 0 spiro atoms. The van der Waals surface area contributed by atoms with Gasteiger partial charge in [-0.25, -0.2) is 0 Å². The van der Waals surface area contributed by atoms with Crippen molar-refractivity contribution in [1.82, 2.24) is 10.2 Å². The Morgan fingerprint density at radius 2 is 1.71 bits per heavy atom. The van der Waals surface area contributed by atoms with Gasteiger partial charge in [0.15, 0.2) is 34.7 Å². The Morgan fingerprint density at radius 1 is 1.10 bits per heavy atom. The molecule has 0 aliphatic heterocycles. The number of rotatable bonds is 6. The largest absolute Gasteiger partial charge is 0.505 e. The summed E-state index contributed by atoms with van der Waals surface area (Å²) in [5, 5.41) is 28.6. The number of likely N-dealkylation sites (N-methyl/N-ethyl adjacent to an activating group) is 1. The average molecular weight is 586 g/mol. The summed E-state index contributed by atoms with van der Waals surface area (Å²) in [6, 6.07) is 0.374. The van der Waals surface area contributed by atoms with E-state index in [0.29, 0.717) is 11.3 Å². The van der Waals surface area contributed by atoms with Gasteiger partial charge >= 0.3 is 0 Å². The molecule has 0 aromatic heterocycles. The highest BCUT2D eigenvalue weighted by Gasteiger charge is 2.69. The molecule has 13 heteroatoms. The van der Waals surface area contributed by atoms with Crippen LogP contribution in [0.3, 0.4) is 0 Å². The fourth-order valence-corrected chi connectivity index (χ4v) is 6.69. The summed E-state index contributed by atoms with van der Waals surface area (Å²) in [5.74, 6) is -11.8. The summed E-state index contributed by atoms with van der Waals surface area (Å²) in [6.07, 6.45) is 0.0706. The molecule has 42 heavy (non-hydrogen) atoms. The molecule has 3 aliphatic carbocycles. The van der Waals surface area contributed by atoms with Crippen molar-refractivity contribution >= 4 is 46.3 Å². The molecule has 0 bridgehead atoms. The molecule has 6 N–H and O–H groups in total. The van der Waals surface area contributed by atoms with E-state index in [1.165, 1.54) is 19.0 Å². The number of ketones is 4. The highest BCUT2D eigenvalue weighted by Crippen LogP contribution is 2.52.